The molecule has 1 aliphatic heterocycles. The molecule has 0 saturated carbocycles. The molecule has 11 heteroatoms. The zero-order chi connectivity index (χ0) is 30.8. The van der Waals surface area contributed by atoms with E-state index < -0.39 is 28.5 Å². The molecule has 0 saturated heterocycles. The third-order valence-corrected chi connectivity index (χ3v) is 8.22. The zero-order valence-corrected chi connectivity index (χ0v) is 25.6. The number of nitrogens with one attached hydrogen (secondary N) is 1. The summed E-state index contributed by atoms with van der Waals surface area (Å²) < 4.78 is 43.8. The Balaban J connectivity index is 1.72. The van der Waals surface area contributed by atoms with Crippen molar-refractivity contribution in [1.82, 2.24) is 10.2 Å². The predicted molar refractivity (Wildman–Crippen MR) is 165 cm³/mol. The fourth-order valence-electron chi connectivity index (χ4n) is 4.83. The smallest absolute Gasteiger partial charge is 0.244 e. The van der Waals surface area contributed by atoms with Crippen LogP contribution in [0.15, 0.2) is 72.8 Å². The highest BCUT2D eigenvalue weighted by Crippen LogP contribution is 2.35. The summed E-state index contributed by atoms with van der Waals surface area (Å²) in [6, 6.07) is 20.5. The Kier molecular flexibility index (Phi) is 10.9. The summed E-state index contributed by atoms with van der Waals surface area (Å²) in [5, 5.41) is 2.98. The van der Waals surface area contributed by atoms with Gasteiger partial charge in [-0.05, 0) is 41.8 Å². The lowest BCUT2D eigenvalue weighted by Gasteiger charge is -2.33. The van der Waals surface area contributed by atoms with Crippen molar-refractivity contribution >= 4 is 27.5 Å². The van der Waals surface area contributed by atoms with E-state index in [1.807, 2.05) is 49.4 Å². The minimum absolute atomic E-state index is 0.0630. The quantitative estimate of drug-likeness (QED) is 0.277. The molecule has 0 radical (unpaired) electrons. The number of unbranched alkanes of at least 4 members (excludes halogenated alkanes) is 1. The first-order chi connectivity index (χ1) is 20.7. The van der Waals surface area contributed by atoms with Gasteiger partial charge in [0.05, 0.1) is 19.1 Å². The number of sulfonamides is 1. The van der Waals surface area contributed by atoms with Gasteiger partial charge in [0.1, 0.15) is 31.5 Å². The van der Waals surface area contributed by atoms with E-state index in [-0.39, 0.29) is 24.6 Å². The van der Waals surface area contributed by atoms with E-state index in [0.29, 0.717) is 37.0 Å². The summed E-state index contributed by atoms with van der Waals surface area (Å²) in [7, 11) is -2.36. The van der Waals surface area contributed by atoms with Gasteiger partial charge in [-0.2, -0.15) is 0 Å². The molecule has 230 valence electrons. The Bertz CT molecular complexity index is 1500. The standard InChI is InChI=1S/C32H39N3O7S/c1-4-5-16-33-32(37)28(20-24-10-7-6-8-11-24)34(22-25-12-9-13-27(19-25)40-2)31(36)23-35(43(3,38)39)26-14-15-29-30(21-26)42-18-17-41-29/h6-15,19,21,28H,4-5,16-18,20,22-23H2,1-3H3,(H,33,37). The Morgan fingerprint density at radius 3 is 2.37 bits per heavy atom. The number of carbonyl (C=O) groups excluding carboxylic acids is 2. The fraction of sp³-hybridized carbons (Fsp3) is 0.375. The number of nitrogens with zero attached hydrogens (tertiary/aromatic N) is 2. The number of hydrogen-bond acceptors (Lipinski definition) is 7. The Morgan fingerprint density at radius 1 is 0.953 bits per heavy atom. The first kappa shape index (κ1) is 31.7. The van der Waals surface area contributed by atoms with Gasteiger partial charge >= 0.3 is 0 Å². The number of methoxy groups -OCH3 is 1. The number of benzene rings is 3. The highest BCUT2D eigenvalue weighted by molar-refractivity contribution is 7.92. The molecule has 3 aromatic rings. The van der Waals surface area contributed by atoms with Crippen molar-refractivity contribution in [2.75, 3.05) is 44.0 Å². The average Bonchev–Trinajstić information content (AvgIpc) is 3.01. The van der Waals surface area contributed by atoms with Crippen LogP contribution in [0.2, 0.25) is 0 Å². The van der Waals surface area contributed by atoms with E-state index in [9.17, 15) is 18.0 Å². The van der Waals surface area contributed by atoms with Crippen molar-refractivity contribution in [1.29, 1.82) is 0 Å². The summed E-state index contributed by atoms with van der Waals surface area (Å²) in [5.41, 5.74) is 1.86. The molecule has 4 rings (SSSR count). The second-order valence-corrected chi connectivity index (χ2v) is 12.2. The third kappa shape index (κ3) is 8.63. The molecule has 0 fully saturated rings. The summed E-state index contributed by atoms with van der Waals surface area (Å²) in [6.45, 7) is 2.77. The SMILES string of the molecule is CCCCNC(=O)C(Cc1ccccc1)N(Cc1cccc(OC)c1)C(=O)CN(c1ccc2c(c1)OCCO2)S(C)(=O)=O. The molecule has 2 amide bonds. The number of anilines is 1. The molecule has 3 aromatic carbocycles. The van der Waals surface area contributed by atoms with Gasteiger partial charge in [-0.25, -0.2) is 8.42 Å². The van der Waals surface area contributed by atoms with Crippen LogP contribution < -0.4 is 23.8 Å². The van der Waals surface area contributed by atoms with E-state index in [1.165, 1.54) is 4.90 Å². The van der Waals surface area contributed by atoms with Crippen molar-refractivity contribution in [3.8, 4) is 17.2 Å². The largest absolute Gasteiger partial charge is 0.497 e. The first-order valence-corrected chi connectivity index (χ1v) is 16.2. The molecule has 0 aliphatic carbocycles. The highest BCUT2D eigenvalue weighted by Gasteiger charge is 2.33. The van der Waals surface area contributed by atoms with Crippen LogP contribution in [0.1, 0.15) is 30.9 Å². The number of carbonyl (C=O) groups is 2. The normalized spacial score (nSPS) is 13.1. The van der Waals surface area contributed by atoms with Gasteiger partial charge in [-0.3, -0.25) is 13.9 Å². The van der Waals surface area contributed by atoms with Gasteiger partial charge in [-0.1, -0.05) is 55.8 Å². The van der Waals surface area contributed by atoms with E-state index in [0.717, 1.165) is 34.5 Å². The van der Waals surface area contributed by atoms with Crippen LogP contribution in [-0.4, -0.2) is 70.8 Å². The number of ether oxygens (including phenoxy) is 3. The maximum Gasteiger partial charge on any atom is 0.244 e. The lowest BCUT2D eigenvalue weighted by Crippen LogP contribution is -2.53. The molecule has 0 spiro atoms. The summed E-state index contributed by atoms with van der Waals surface area (Å²) in [6.07, 6.45) is 2.98. The van der Waals surface area contributed by atoms with E-state index >= 15 is 0 Å². The lowest BCUT2D eigenvalue weighted by molar-refractivity contribution is -0.140. The van der Waals surface area contributed by atoms with Gasteiger partial charge in [-0.15, -0.1) is 0 Å². The Hall–Kier alpha value is -4.25. The summed E-state index contributed by atoms with van der Waals surface area (Å²) >= 11 is 0. The number of rotatable bonds is 14. The number of hydrogen-bond donors (Lipinski definition) is 1. The summed E-state index contributed by atoms with van der Waals surface area (Å²) in [4.78, 5) is 29.4. The molecule has 1 atom stereocenters. The first-order valence-electron chi connectivity index (χ1n) is 14.3. The maximum atomic E-state index is 14.2. The predicted octanol–water partition coefficient (Wildman–Crippen LogP) is 3.79. The van der Waals surface area contributed by atoms with Crippen molar-refractivity contribution in [2.45, 2.75) is 38.8 Å². The molecule has 43 heavy (non-hydrogen) atoms. The van der Waals surface area contributed by atoms with Crippen molar-refractivity contribution < 1.29 is 32.2 Å². The van der Waals surface area contributed by atoms with Crippen molar-refractivity contribution in [2.24, 2.45) is 0 Å². The molecule has 1 unspecified atom stereocenters. The number of amides is 2. The molecule has 1 aliphatic rings. The van der Waals surface area contributed by atoms with Gasteiger partial charge in [0.2, 0.25) is 21.8 Å². The average molecular weight is 610 g/mol. The van der Waals surface area contributed by atoms with Crippen molar-refractivity contribution in [3.63, 3.8) is 0 Å². The lowest BCUT2D eigenvalue weighted by atomic mass is 10.0. The van der Waals surface area contributed by atoms with Crippen LogP contribution in [0, 0.1) is 0 Å². The van der Waals surface area contributed by atoms with Crippen LogP contribution in [-0.2, 0) is 32.6 Å². The van der Waals surface area contributed by atoms with Crippen LogP contribution in [0.3, 0.4) is 0 Å². The van der Waals surface area contributed by atoms with Crippen LogP contribution in [0.5, 0.6) is 17.2 Å². The maximum absolute atomic E-state index is 14.2. The van der Waals surface area contributed by atoms with Crippen LogP contribution in [0.4, 0.5) is 5.69 Å². The fourth-order valence-corrected chi connectivity index (χ4v) is 5.67. The molecule has 10 nitrogen and oxygen atoms in total. The van der Waals surface area contributed by atoms with Gasteiger partial charge in [0.15, 0.2) is 11.5 Å². The minimum Gasteiger partial charge on any atom is -0.497 e. The van der Waals surface area contributed by atoms with Gasteiger partial charge in [0.25, 0.3) is 0 Å². The number of fused-ring (bicyclic) bond motifs is 1. The van der Waals surface area contributed by atoms with Gasteiger partial charge in [0, 0.05) is 25.6 Å². The summed E-state index contributed by atoms with van der Waals surface area (Å²) in [5.74, 6) is 0.663. The van der Waals surface area contributed by atoms with Crippen LogP contribution >= 0.6 is 0 Å². The monoisotopic (exact) mass is 609 g/mol. The highest BCUT2D eigenvalue weighted by atomic mass is 32.2. The molecule has 0 aromatic heterocycles. The third-order valence-electron chi connectivity index (χ3n) is 7.08. The minimum atomic E-state index is -3.91. The Morgan fingerprint density at radius 2 is 1.67 bits per heavy atom. The molecular weight excluding hydrogens is 570 g/mol. The van der Waals surface area contributed by atoms with Crippen molar-refractivity contribution in [3.05, 3.63) is 83.9 Å². The molecule has 1 N–H and O–H groups in total. The second kappa shape index (κ2) is 14.8. The van der Waals surface area contributed by atoms with Crippen LogP contribution in [0.25, 0.3) is 0 Å². The van der Waals surface area contributed by atoms with Gasteiger partial charge < -0.3 is 24.4 Å². The van der Waals surface area contributed by atoms with E-state index in [4.69, 9.17) is 14.2 Å². The molecule has 1 heterocycles. The topological polar surface area (TPSA) is 114 Å². The second-order valence-electron chi connectivity index (χ2n) is 10.3. The van der Waals surface area contributed by atoms with E-state index in [2.05, 4.69) is 5.32 Å². The Labute approximate surface area is 253 Å². The molecular formula is C32H39N3O7S. The van der Waals surface area contributed by atoms with E-state index in [1.54, 1.807) is 37.4 Å². The molecule has 0 bridgehead atoms. The zero-order valence-electron chi connectivity index (χ0n) is 24.8.